The Bertz CT molecular complexity index is 1350. The van der Waals surface area contributed by atoms with Gasteiger partial charge in [0, 0.05) is 61.2 Å². The van der Waals surface area contributed by atoms with E-state index in [-0.39, 0.29) is 23.2 Å². The van der Waals surface area contributed by atoms with Crippen LogP contribution in [0.1, 0.15) is 19.4 Å². The third-order valence-electron chi connectivity index (χ3n) is 5.90. The molecule has 8 heteroatoms. The van der Waals surface area contributed by atoms with E-state index in [9.17, 15) is 9.18 Å². The van der Waals surface area contributed by atoms with Crippen LogP contribution in [0.4, 0.5) is 4.39 Å². The molecule has 0 radical (unpaired) electrons. The normalized spacial score (nSPS) is 13.4. The summed E-state index contributed by atoms with van der Waals surface area (Å²) < 4.78 is 20.4. The molecule has 1 atom stereocenters. The number of nitrogens with zero attached hydrogens (tertiary/aromatic N) is 3. The van der Waals surface area contributed by atoms with E-state index < -0.39 is 5.83 Å². The van der Waals surface area contributed by atoms with Crippen molar-refractivity contribution in [3.63, 3.8) is 0 Å². The maximum atomic E-state index is 14.8. The van der Waals surface area contributed by atoms with E-state index in [2.05, 4.69) is 21.9 Å². The highest BCUT2D eigenvalue weighted by Gasteiger charge is 2.22. The van der Waals surface area contributed by atoms with Crippen LogP contribution >= 0.6 is 0 Å². The zero-order valence-corrected chi connectivity index (χ0v) is 22.6. The molecule has 37 heavy (non-hydrogen) atoms. The zero-order chi connectivity index (χ0) is 27.3. The lowest BCUT2D eigenvalue weighted by Gasteiger charge is -2.24. The first kappa shape index (κ1) is 27.7. The first-order chi connectivity index (χ1) is 17.5. The second kappa shape index (κ2) is 11.9. The summed E-state index contributed by atoms with van der Waals surface area (Å²) in [6.45, 7) is 8.16. The fourth-order valence-electron chi connectivity index (χ4n) is 4.21. The lowest BCUT2D eigenvalue weighted by molar-refractivity contribution is -0.124. The maximum Gasteiger partial charge on any atom is 0.255 e. The maximum absolute atomic E-state index is 14.8. The number of rotatable bonds is 10. The van der Waals surface area contributed by atoms with Crippen LogP contribution in [0.15, 0.2) is 72.5 Å². The van der Waals surface area contributed by atoms with E-state index in [1.165, 1.54) is 11.8 Å². The number of carbonyl (C=O) groups is 1. The highest BCUT2D eigenvalue weighted by molar-refractivity contribution is 6.01. The van der Waals surface area contributed by atoms with Crippen LogP contribution in [-0.2, 0) is 4.79 Å². The number of fused-ring (bicyclic) bond motifs is 1. The Morgan fingerprint density at radius 1 is 1.24 bits per heavy atom. The highest BCUT2D eigenvalue weighted by Crippen LogP contribution is 2.35. The SMILES string of the molecule is C=C(/C=C(C(=O)N(C)C)\C(NC(C)CN(C)C)=C(/C)F)c1cnc2[nH]cc(-c3ccccc3OC)c2c1. The molecule has 2 aromatic heterocycles. The molecule has 0 spiro atoms. The summed E-state index contributed by atoms with van der Waals surface area (Å²) in [5.74, 6) is -0.0573. The Morgan fingerprint density at radius 3 is 2.57 bits per heavy atom. The van der Waals surface area contributed by atoms with Gasteiger partial charge in [-0.1, -0.05) is 24.8 Å². The lowest BCUT2D eigenvalue weighted by Crippen LogP contribution is -2.38. The first-order valence-electron chi connectivity index (χ1n) is 12.0. The minimum atomic E-state index is -0.475. The van der Waals surface area contributed by atoms with E-state index in [0.717, 1.165) is 22.3 Å². The van der Waals surface area contributed by atoms with E-state index in [1.807, 2.05) is 62.4 Å². The molecule has 2 heterocycles. The Morgan fingerprint density at radius 2 is 1.95 bits per heavy atom. The van der Waals surface area contributed by atoms with Crippen molar-refractivity contribution in [2.45, 2.75) is 19.9 Å². The molecule has 0 aliphatic rings. The van der Waals surface area contributed by atoms with Crippen molar-refractivity contribution in [2.75, 3.05) is 41.8 Å². The molecule has 2 N–H and O–H groups in total. The number of pyridine rings is 1. The fraction of sp³-hybridized carbons (Fsp3) is 0.310. The summed E-state index contributed by atoms with van der Waals surface area (Å²) in [6.07, 6.45) is 5.20. The highest BCUT2D eigenvalue weighted by atomic mass is 19.1. The summed E-state index contributed by atoms with van der Waals surface area (Å²) >= 11 is 0. The molecule has 196 valence electrons. The van der Waals surface area contributed by atoms with Gasteiger partial charge in [0.05, 0.1) is 18.4 Å². The van der Waals surface area contributed by atoms with Crippen LogP contribution < -0.4 is 10.1 Å². The number of hydrogen-bond acceptors (Lipinski definition) is 5. The Kier molecular flexibility index (Phi) is 8.89. The van der Waals surface area contributed by atoms with Crippen molar-refractivity contribution < 1.29 is 13.9 Å². The lowest BCUT2D eigenvalue weighted by atomic mass is 9.99. The minimum Gasteiger partial charge on any atom is -0.496 e. The monoisotopic (exact) mass is 505 g/mol. The van der Waals surface area contributed by atoms with Gasteiger partial charge in [0.25, 0.3) is 5.91 Å². The van der Waals surface area contributed by atoms with Gasteiger partial charge in [-0.2, -0.15) is 0 Å². The molecule has 1 unspecified atom stereocenters. The molecule has 0 aliphatic heterocycles. The van der Waals surface area contributed by atoms with Gasteiger partial charge < -0.3 is 24.8 Å². The second-order valence-electron chi connectivity index (χ2n) is 9.52. The molecule has 3 aromatic rings. The van der Waals surface area contributed by atoms with Gasteiger partial charge in [-0.25, -0.2) is 9.37 Å². The Labute approximate surface area is 218 Å². The Balaban J connectivity index is 2.07. The zero-order valence-electron chi connectivity index (χ0n) is 22.6. The molecular formula is C29H36FN5O2. The molecule has 0 saturated heterocycles. The number of carbonyl (C=O) groups excluding carboxylic acids is 1. The third-order valence-corrected chi connectivity index (χ3v) is 5.90. The molecule has 3 rings (SSSR count). The van der Waals surface area contributed by atoms with E-state index >= 15 is 0 Å². The summed E-state index contributed by atoms with van der Waals surface area (Å²) in [6, 6.07) is 9.63. The number of benzene rings is 1. The van der Waals surface area contributed by atoms with Crippen molar-refractivity contribution in [1.29, 1.82) is 0 Å². The summed E-state index contributed by atoms with van der Waals surface area (Å²) in [7, 11) is 8.80. The fourth-order valence-corrected chi connectivity index (χ4v) is 4.21. The number of hydrogen-bond donors (Lipinski definition) is 2. The molecule has 0 bridgehead atoms. The number of halogens is 1. The van der Waals surface area contributed by atoms with Crippen molar-refractivity contribution in [3.05, 3.63) is 78.0 Å². The number of para-hydroxylation sites is 1. The number of amides is 1. The van der Waals surface area contributed by atoms with Crippen molar-refractivity contribution >= 4 is 22.5 Å². The number of aromatic nitrogens is 2. The summed E-state index contributed by atoms with van der Waals surface area (Å²) in [4.78, 5) is 24.4. The topological polar surface area (TPSA) is 73.5 Å². The predicted octanol–water partition coefficient (Wildman–Crippen LogP) is 5.01. The van der Waals surface area contributed by atoms with Gasteiger partial charge in [-0.05, 0) is 51.7 Å². The molecule has 0 fully saturated rings. The molecule has 7 nitrogen and oxygen atoms in total. The van der Waals surface area contributed by atoms with Gasteiger partial charge in [-0.3, -0.25) is 4.79 Å². The summed E-state index contributed by atoms with van der Waals surface area (Å²) in [5.41, 5.74) is 4.17. The van der Waals surface area contributed by atoms with Gasteiger partial charge in [0.2, 0.25) is 0 Å². The van der Waals surface area contributed by atoms with Gasteiger partial charge >= 0.3 is 0 Å². The van der Waals surface area contributed by atoms with Crippen LogP contribution in [0.5, 0.6) is 5.75 Å². The van der Waals surface area contributed by atoms with E-state index in [1.54, 1.807) is 33.5 Å². The standard InChI is InChI=1S/C29H36FN5O2/c1-18(13-24(29(36)35(6)7)27(20(3)30)33-19(2)17-34(4)5)21-14-23-25(16-32-28(23)31-15-21)22-11-9-10-12-26(22)37-8/h9-16,19,33H,1,17H2,2-8H3,(H,31,32)/b24-13+,27-20-. The number of H-pyrrole nitrogens is 1. The molecule has 1 aromatic carbocycles. The molecule has 0 saturated carbocycles. The molecule has 0 aliphatic carbocycles. The number of likely N-dealkylation sites (N-methyl/N-ethyl adjacent to an activating group) is 2. The number of aromatic amines is 1. The van der Waals surface area contributed by atoms with Gasteiger partial charge in [0.1, 0.15) is 17.2 Å². The van der Waals surface area contributed by atoms with E-state index in [0.29, 0.717) is 23.3 Å². The largest absolute Gasteiger partial charge is 0.496 e. The van der Waals surface area contributed by atoms with Gasteiger partial charge in [0.15, 0.2) is 0 Å². The van der Waals surface area contributed by atoms with Crippen LogP contribution in [-0.4, -0.2) is 73.6 Å². The van der Waals surface area contributed by atoms with Crippen LogP contribution in [0.3, 0.4) is 0 Å². The average molecular weight is 506 g/mol. The number of ether oxygens (including phenoxy) is 1. The number of methoxy groups -OCH3 is 1. The average Bonchev–Trinajstić information content (AvgIpc) is 3.27. The van der Waals surface area contributed by atoms with Crippen LogP contribution in [0, 0.1) is 0 Å². The first-order valence-corrected chi connectivity index (χ1v) is 12.0. The second-order valence-corrected chi connectivity index (χ2v) is 9.52. The van der Waals surface area contributed by atoms with Crippen molar-refractivity contribution in [1.82, 2.24) is 25.1 Å². The summed E-state index contributed by atoms with van der Waals surface area (Å²) in [5, 5.41) is 4.06. The minimum absolute atomic E-state index is 0.0939. The van der Waals surface area contributed by atoms with Crippen LogP contribution in [0.25, 0.3) is 27.7 Å². The predicted molar refractivity (Wildman–Crippen MR) is 149 cm³/mol. The quantitative estimate of drug-likeness (QED) is 0.299. The smallest absolute Gasteiger partial charge is 0.255 e. The Hall–Kier alpha value is -3.91. The van der Waals surface area contributed by atoms with Gasteiger partial charge in [-0.15, -0.1) is 0 Å². The third kappa shape index (κ3) is 6.46. The van der Waals surface area contributed by atoms with Crippen LogP contribution in [0.2, 0.25) is 0 Å². The van der Waals surface area contributed by atoms with Crippen molar-refractivity contribution in [2.24, 2.45) is 0 Å². The van der Waals surface area contributed by atoms with Crippen molar-refractivity contribution in [3.8, 4) is 16.9 Å². The molecule has 1 amide bonds. The number of allylic oxidation sites excluding steroid dienone is 3. The van der Waals surface area contributed by atoms with E-state index in [4.69, 9.17) is 4.74 Å². The molecular weight excluding hydrogens is 469 g/mol. The number of nitrogens with one attached hydrogen (secondary N) is 2.